The quantitative estimate of drug-likeness (QED) is 0.692. The monoisotopic (exact) mass is 325 g/mol. The van der Waals surface area contributed by atoms with Crippen molar-refractivity contribution in [3.8, 4) is 11.5 Å². The van der Waals surface area contributed by atoms with Crippen LogP contribution in [0, 0.1) is 6.92 Å². The van der Waals surface area contributed by atoms with E-state index in [0.29, 0.717) is 6.61 Å². The van der Waals surface area contributed by atoms with E-state index in [1.54, 1.807) is 7.11 Å². The SMILES string of the molecule is C=CCc1cc(CNCc2ccc(C)cc2)cc(OC)c1OCC. The third-order valence-corrected chi connectivity index (χ3v) is 3.84. The lowest BCUT2D eigenvalue weighted by Crippen LogP contribution is -2.13. The van der Waals surface area contributed by atoms with Crippen LogP contribution in [0.1, 0.15) is 29.2 Å². The predicted molar refractivity (Wildman–Crippen MR) is 99.8 cm³/mol. The largest absolute Gasteiger partial charge is 0.493 e. The van der Waals surface area contributed by atoms with Crippen molar-refractivity contribution in [3.63, 3.8) is 0 Å². The Morgan fingerprint density at radius 1 is 1.08 bits per heavy atom. The molecule has 0 atom stereocenters. The molecule has 0 aliphatic rings. The van der Waals surface area contributed by atoms with Gasteiger partial charge in [-0.05, 0) is 37.5 Å². The predicted octanol–water partition coefficient (Wildman–Crippen LogP) is 4.42. The fourth-order valence-corrected chi connectivity index (χ4v) is 2.65. The molecule has 128 valence electrons. The Bertz CT molecular complexity index is 662. The number of nitrogens with one attached hydrogen (secondary N) is 1. The fraction of sp³-hybridized carbons (Fsp3) is 0.333. The minimum atomic E-state index is 0.617. The zero-order valence-corrected chi connectivity index (χ0v) is 14.9. The smallest absolute Gasteiger partial charge is 0.164 e. The van der Waals surface area contributed by atoms with E-state index in [-0.39, 0.29) is 0 Å². The Kier molecular flexibility index (Phi) is 6.89. The number of hydrogen-bond acceptors (Lipinski definition) is 3. The van der Waals surface area contributed by atoms with Gasteiger partial charge in [-0.2, -0.15) is 0 Å². The summed E-state index contributed by atoms with van der Waals surface area (Å²) < 4.78 is 11.3. The first-order chi connectivity index (χ1) is 11.7. The molecule has 0 heterocycles. The van der Waals surface area contributed by atoms with Gasteiger partial charge in [0.25, 0.3) is 0 Å². The first-order valence-electron chi connectivity index (χ1n) is 8.37. The summed E-state index contributed by atoms with van der Waals surface area (Å²) in [5.41, 5.74) is 4.85. The highest BCUT2D eigenvalue weighted by molar-refractivity contribution is 5.50. The van der Waals surface area contributed by atoms with E-state index in [9.17, 15) is 0 Å². The third kappa shape index (κ3) is 4.87. The zero-order chi connectivity index (χ0) is 17.4. The number of hydrogen-bond donors (Lipinski definition) is 1. The molecular formula is C21H27NO2. The standard InChI is InChI=1S/C21H27NO2/c1-5-7-19-12-18(13-20(23-4)21(19)24-6-2)15-22-14-17-10-8-16(3)9-11-17/h5,8-13,22H,1,6-7,14-15H2,2-4H3. The van der Waals surface area contributed by atoms with Crippen molar-refractivity contribution in [1.82, 2.24) is 5.32 Å². The molecule has 0 fully saturated rings. The summed E-state index contributed by atoms with van der Waals surface area (Å²) in [6.07, 6.45) is 2.65. The number of methoxy groups -OCH3 is 1. The van der Waals surface area contributed by atoms with Crippen LogP contribution in [-0.2, 0) is 19.5 Å². The maximum atomic E-state index is 5.76. The van der Waals surface area contributed by atoms with Crippen LogP contribution in [-0.4, -0.2) is 13.7 Å². The Balaban J connectivity index is 2.09. The maximum Gasteiger partial charge on any atom is 0.164 e. The second-order valence-electron chi connectivity index (χ2n) is 5.80. The molecule has 0 radical (unpaired) electrons. The first-order valence-corrected chi connectivity index (χ1v) is 8.37. The van der Waals surface area contributed by atoms with E-state index < -0.39 is 0 Å². The van der Waals surface area contributed by atoms with Gasteiger partial charge >= 0.3 is 0 Å². The lowest BCUT2D eigenvalue weighted by atomic mass is 10.1. The lowest BCUT2D eigenvalue weighted by Gasteiger charge is -2.16. The van der Waals surface area contributed by atoms with Crippen molar-refractivity contribution in [1.29, 1.82) is 0 Å². The molecular weight excluding hydrogens is 298 g/mol. The Morgan fingerprint density at radius 3 is 2.42 bits per heavy atom. The molecule has 0 saturated heterocycles. The zero-order valence-electron chi connectivity index (χ0n) is 14.9. The molecule has 0 unspecified atom stereocenters. The molecule has 2 aromatic rings. The molecule has 1 N–H and O–H groups in total. The van der Waals surface area contributed by atoms with Crippen LogP contribution < -0.4 is 14.8 Å². The van der Waals surface area contributed by atoms with Gasteiger partial charge in [0.05, 0.1) is 13.7 Å². The van der Waals surface area contributed by atoms with Crippen molar-refractivity contribution in [2.24, 2.45) is 0 Å². The van der Waals surface area contributed by atoms with Crippen LogP contribution >= 0.6 is 0 Å². The summed E-state index contributed by atoms with van der Waals surface area (Å²) >= 11 is 0. The topological polar surface area (TPSA) is 30.5 Å². The van der Waals surface area contributed by atoms with Gasteiger partial charge in [-0.3, -0.25) is 0 Å². The molecule has 3 nitrogen and oxygen atoms in total. The normalized spacial score (nSPS) is 10.5. The van der Waals surface area contributed by atoms with Crippen LogP contribution in [0.5, 0.6) is 11.5 Å². The van der Waals surface area contributed by atoms with Gasteiger partial charge in [-0.25, -0.2) is 0 Å². The summed E-state index contributed by atoms with van der Waals surface area (Å²) in [5, 5.41) is 3.49. The molecule has 2 aromatic carbocycles. The maximum absolute atomic E-state index is 5.76. The van der Waals surface area contributed by atoms with E-state index in [0.717, 1.165) is 36.6 Å². The minimum absolute atomic E-state index is 0.617. The van der Waals surface area contributed by atoms with Gasteiger partial charge < -0.3 is 14.8 Å². The summed E-state index contributed by atoms with van der Waals surface area (Å²) in [4.78, 5) is 0. The molecule has 0 bridgehead atoms. The van der Waals surface area contributed by atoms with Crippen molar-refractivity contribution in [2.75, 3.05) is 13.7 Å². The second-order valence-corrected chi connectivity index (χ2v) is 5.80. The van der Waals surface area contributed by atoms with E-state index in [4.69, 9.17) is 9.47 Å². The van der Waals surface area contributed by atoms with Crippen molar-refractivity contribution >= 4 is 0 Å². The van der Waals surface area contributed by atoms with E-state index >= 15 is 0 Å². The van der Waals surface area contributed by atoms with E-state index in [1.165, 1.54) is 16.7 Å². The van der Waals surface area contributed by atoms with Crippen LogP contribution in [0.3, 0.4) is 0 Å². The van der Waals surface area contributed by atoms with Gasteiger partial charge in [-0.15, -0.1) is 6.58 Å². The highest BCUT2D eigenvalue weighted by Crippen LogP contribution is 2.33. The Morgan fingerprint density at radius 2 is 1.79 bits per heavy atom. The average Bonchev–Trinajstić information content (AvgIpc) is 2.59. The number of benzene rings is 2. The fourth-order valence-electron chi connectivity index (χ4n) is 2.65. The highest BCUT2D eigenvalue weighted by Gasteiger charge is 2.12. The van der Waals surface area contributed by atoms with Gasteiger partial charge in [0, 0.05) is 18.7 Å². The molecule has 0 saturated carbocycles. The minimum Gasteiger partial charge on any atom is -0.493 e. The van der Waals surface area contributed by atoms with Gasteiger partial charge in [0.2, 0.25) is 0 Å². The van der Waals surface area contributed by atoms with E-state index in [1.807, 2.05) is 19.1 Å². The van der Waals surface area contributed by atoms with Crippen molar-refractivity contribution in [2.45, 2.75) is 33.4 Å². The molecule has 0 spiro atoms. The molecule has 0 aromatic heterocycles. The van der Waals surface area contributed by atoms with Crippen LogP contribution in [0.25, 0.3) is 0 Å². The van der Waals surface area contributed by atoms with Crippen molar-refractivity contribution in [3.05, 3.63) is 71.3 Å². The summed E-state index contributed by atoms with van der Waals surface area (Å²) in [6.45, 7) is 10.2. The van der Waals surface area contributed by atoms with Crippen LogP contribution in [0.2, 0.25) is 0 Å². The molecule has 24 heavy (non-hydrogen) atoms. The number of rotatable bonds is 9. The lowest BCUT2D eigenvalue weighted by molar-refractivity contribution is 0.308. The van der Waals surface area contributed by atoms with Gasteiger partial charge in [0.15, 0.2) is 11.5 Å². The number of allylic oxidation sites excluding steroid dienone is 1. The second kappa shape index (κ2) is 9.14. The molecule has 3 heteroatoms. The average molecular weight is 325 g/mol. The first kappa shape index (κ1) is 18.1. The number of aryl methyl sites for hydroxylation is 1. The molecule has 2 rings (SSSR count). The molecule has 0 aliphatic carbocycles. The van der Waals surface area contributed by atoms with Gasteiger partial charge in [0.1, 0.15) is 0 Å². The summed E-state index contributed by atoms with van der Waals surface area (Å²) in [6, 6.07) is 12.8. The van der Waals surface area contributed by atoms with Crippen LogP contribution in [0.4, 0.5) is 0 Å². The third-order valence-electron chi connectivity index (χ3n) is 3.84. The number of ether oxygens (including phenoxy) is 2. The molecule has 0 amide bonds. The summed E-state index contributed by atoms with van der Waals surface area (Å²) in [7, 11) is 1.68. The Hall–Kier alpha value is -2.26. The Labute approximate surface area is 145 Å². The summed E-state index contributed by atoms with van der Waals surface area (Å²) in [5.74, 6) is 1.60. The van der Waals surface area contributed by atoms with Crippen molar-refractivity contribution < 1.29 is 9.47 Å². The molecule has 0 aliphatic heterocycles. The van der Waals surface area contributed by atoms with E-state index in [2.05, 4.69) is 49.2 Å². The highest BCUT2D eigenvalue weighted by atomic mass is 16.5. The van der Waals surface area contributed by atoms with Gasteiger partial charge in [-0.1, -0.05) is 42.0 Å². The van der Waals surface area contributed by atoms with Crippen LogP contribution in [0.15, 0.2) is 49.1 Å².